The Kier molecular flexibility index (Phi) is 11.1. The van der Waals surface area contributed by atoms with Crippen LogP contribution in [0.5, 0.6) is 0 Å². The van der Waals surface area contributed by atoms with Gasteiger partial charge >= 0.3 is 0 Å². The van der Waals surface area contributed by atoms with Crippen LogP contribution in [-0.4, -0.2) is 70.9 Å². The first-order chi connectivity index (χ1) is 20.3. The van der Waals surface area contributed by atoms with Gasteiger partial charge in [-0.2, -0.15) is 0 Å². The highest BCUT2D eigenvalue weighted by atomic mass is 16.6. The number of nitrogens with zero attached hydrogens (tertiary/aromatic N) is 2. The number of rotatable bonds is 5. The van der Waals surface area contributed by atoms with E-state index >= 15 is 0 Å². The predicted octanol–water partition coefficient (Wildman–Crippen LogP) is 6.47. The number of anilines is 1. The molecule has 0 atom stereocenters. The van der Waals surface area contributed by atoms with E-state index in [-0.39, 0.29) is 0 Å². The summed E-state index contributed by atoms with van der Waals surface area (Å²) in [5.41, 5.74) is 7.51. The van der Waals surface area contributed by atoms with Crippen molar-refractivity contribution in [3.63, 3.8) is 0 Å². The van der Waals surface area contributed by atoms with E-state index in [4.69, 9.17) is 23.9 Å². The van der Waals surface area contributed by atoms with E-state index in [1.807, 2.05) is 36.4 Å². The Hall–Kier alpha value is -3.81. The van der Waals surface area contributed by atoms with Gasteiger partial charge < -0.3 is 23.8 Å². The zero-order valence-electron chi connectivity index (χ0n) is 23.5. The van der Waals surface area contributed by atoms with Crippen molar-refractivity contribution < 1.29 is 18.9 Å². The van der Waals surface area contributed by atoms with Gasteiger partial charge in [-0.15, -0.1) is 0 Å². The van der Waals surface area contributed by atoms with Crippen LogP contribution in [0.3, 0.4) is 0 Å². The lowest BCUT2D eigenvalue weighted by atomic mass is 10.0. The molecule has 1 saturated heterocycles. The Morgan fingerprint density at radius 1 is 0.488 bits per heavy atom. The molecule has 0 spiro atoms. The molecule has 2 heterocycles. The molecule has 0 bridgehead atoms. The van der Waals surface area contributed by atoms with Crippen LogP contribution in [0.25, 0.3) is 34.7 Å². The quantitative estimate of drug-likeness (QED) is 0.284. The molecular weight excluding hydrogens is 512 g/mol. The SMILES string of the molecule is C(=C\c1cc(-c2ccccc2)nc(-c2ccccc2)c1)/c1ccc(N2CCOCCOCCOCCOCC2)cc1. The molecule has 1 aliphatic heterocycles. The third-order valence-electron chi connectivity index (χ3n) is 6.84. The zero-order chi connectivity index (χ0) is 28.0. The fourth-order valence-corrected chi connectivity index (χ4v) is 4.63. The molecule has 5 rings (SSSR count). The summed E-state index contributed by atoms with van der Waals surface area (Å²) in [5.74, 6) is 0. The third kappa shape index (κ3) is 9.10. The molecule has 6 nitrogen and oxygen atoms in total. The molecule has 0 radical (unpaired) electrons. The predicted molar refractivity (Wildman–Crippen MR) is 166 cm³/mol. The summed E-state index contributed by atoms with van der Waals surface area (Å²) >= 11 is 0. The fraction of sp³-hybridized carbons (Fsp3) is 0.286. The Bertz CT molecular complexity index is 1270. The van der Waals surface area contributed by atoms with Gasteiger partial charge in [0.05, 0.1) is 64.2 Å². The first-order valence-electron chi connectivity index (χ1n) is 14.3. The smallest absolute Gasteiger partial charge is 0.0715 e. The van der Waals surface area contributed by atoms with Crippen molar-refractivity contribution in [2.75, 3.05) is 70.8 Å². The molecule has 41 heavy (non-hydrogen) atoms. The van der Waals surface area contributed by atoms with Gasteiger partial charge in [0.25, 0.3) is 0 Å². The standard InChI is InChI=1S/C35H38N2O4/c1-3-7-31(8-4-1)34-27-30(28-35(36-34)32-9-5-2-6-10-32)12-11-29-13-15-33(16-14-29)37-17-19-38-21-23-40-25-26-41-24-22-39-20-18-37/h1-16,27-28H,17-26H2/b12-11+. The second-order valence-electron chi connectivity index (χ2n) is 9.76. The topological polar surface area (TPSA) is 53.1 Å². The molecule has 1 fully saturated rings. The minimum atomic E-state index is 0.581. The molecule has 212 valence electrons. The van der Waals surface area contributed by atoms with Crippen molar-refractivity contribution in [3.05, 3.63) is 108 Å². The van der Waals surface area contributed by atoms with Crippen LogP contribution >= 0.6 is 0 Å². The van der Waals surface area contributed by atoms with E-state index in [1.54, 1.807) is 0 Å². The fourth-order valence-electron chi connectivity index (χ4n) is 4.63. The molecule has 3 aromatic carbocycles. The van der Waals surface area contributed by atoms with Gasteiger partial charge in [0.15, 0.2) is 0 Å². The monoisotopic (exact) mass is 550 g/mol. The summed E-state index contributed by atoms with van der Waals surface area (Å²) < 4.78 is 22.6. The lowest BCUT2D eigenvalue weighted by molar-refractivity contribution is 0.00206. The van der Waals surface area contributed by atoms with Crippen LogP contribution in [0.1, 0.15) is 11.1 Å². The molecule has 6 heteroatoms. The molecule has 0 saturated carbocycles. The van der Waals surface area contributed by atoms with Gasteiger partial charge in [0.1, 0.15) is 0 Å². The highest BCUT2D eigenvalue weighted by molar-refractivity contribution is 5.76. The summed E-state index contributed by atoms with van der Waals surface area (Å²) in [5, 5.41) is 0. The lowest BCUT2D eigenvalue weighted by Crippen LogP contribution is -2.31. The summed E-state index contributed by atoms with van der Waals surface area (Å²) in [6.07, 6.45) is 4.31. The molecule has 1 aliphatic rings. The Balaban J connectivity index is 1.30. The zero-order valence-corrected chi connectivity index (χ0v) is 23.5. The average Bonchev–Trinajstić information content (AvgIpc) is 3.05. The normalized spacial score (nSPS) is 16.2. The van der Waals surface area contributed by atoms with E-state index < -0.39 is 0 Å². The summed E-state index contributed by atoms with van der Waals surface area (Å²) in [6, 6.07) is 33.6. The van der Waals surface area contributed by atoms with E-state index in [2.05, 4.69) is 77.7 Å². The number of aromatic nitrogens is 1. The van der Waals surface area contributed by atoms with Crippen molar-refractivity contribution in [1.29, 1.82) is 0 Å². The van der Waals surface area contributed by atoms with Gasteiger partial charge in [-0.3, -0.25) is 0 Å². The number of pyridine rings is 1. The Morgan fingerprint density at radius 2 is 0.927 bits per heavy atom. The summed E-state index contributed by atoms with van der Waals surface area (Å²) in [6.45, 7) is 6.35. The highest BCUT2D eigenvalue weighted by Gasteiger charge is 2.09. The van der Waals surface area contributed by atoms with Crippen molar-refractivity contribution >= 4 is 17.8 Å². The second-order valence-corrected chi connectivity index (χ2v) is 9.76. The second kappa shape index (κ2) is 15.8. The van der Waals surface area contributed by atoms with Crippen molar-refractivity contribution in [3.8, 4) is 22.5 Å². The maximum absolute atomic E-state index is 5.79. The molecule has 0 amide bonds. The first-order valence-corrected chi connectivity index (χ1v) is 14.3. The van der Waals surface area contributed by atoms with Gasteiger partial charge in [0.2, 0.25) is 0 Å². The molecule has 1 aromatic heterocycles. The van der Waals surface area contributed by atoms with Crippen LogP contribution in [0.15, 0.2) is 97.1 Å². The maximum atomic E-state index is 5.79. The molecule has 0 aliphatic carbocycles. The van der Waals surface area contributed by atoms with Crippen LogP contribution in [0.4, 0.5) is 5.69 Å². The summed E-state index contributed by atoms with van der Waals surface area (Å²) in [4.78, 5) is 7.27. The highest BCUT2D eigenvalue weighted by Crippen LogP contribution is 2.26. The number of hydrogen-bond acceptors (Lipinski definition) is 6. The molecule has 4 aromatic rings. The summed E-state index contributed by atoms with van der Waals surface area (Å²) in [7, 11) is 0. The van der Waals surface area contributed by atoms with Crippen LogP contribution in [-0.2, 0) is 18.9 Å². The third-order valence-corrected chi connectivity index (χ3v) is 6.84. The van der Waals surface area contributed by atoms with Gasteiger partial charge in [-0.25, -0.2) is 4.98 Å². The minimum Gasteiger partial charge on any atom is -0.377 e. The number of benzene rings is 3. The van der Waals surface area contributed by atoms with E-state index in [0.29, 0.717) is 52.9 Å². The van der Waals surface area contributed by atoms with Crippen molar-refractivity contribution in [1.82, 2.24) is 4.98 Å². The minimum absolute atomic E-state index is 0.581. The van der Waals surface area contributed by atoms with Crippen LogP contribution < -0.4 is 4.90 Å². The molecule has 0 N–H and O–H groups in total. The van der Waals surface area contributed by atoms with E-state index in [9.17, 15) is 0 Å². The van der Waals surface area contributed by atoms with Crippen molar-refractivity contribution in [2.24, 2.45) is 0 Å². The van der Waals surface area contributed by atoms with Gasteiger partial charge in [0, 0.05) is 29.9 Å². The first kappa shape index (κ1) is 28.7. The van der Waals surface area contributed by atoms with E-state index in [0.717, 1.165) is 52.4 Å². The average molecular weight is 551 g/mol. The largest absolute Gasteiger partial charge is 0.377 e. The lowest BCUT2D eigenvalue weighted by Gasteiger charge is -2.25. The van der Waals surface area contributed by atoms with Gasteiger partial charge in [-0.1, -0.05) is 84.9 Å². The Morgan fingerprint density at radius 3 is 1.41 bits per heavy atom. The maximum Gasteiger partial charge on any atom is 0.0715 e. The number of ether oxygens (including phenoxy) is 4. The van der Waals surface area contributed by atoms with E-state index in [1.165, 1.54) is 0 Å². The number of hydrogen-bond donors (Lipinski definition) is 0. The van der Waals surface area contributed by atoms with Crippen molar-refractivity contribution in [2.45, 2.75) is 0 Å². The molecule has 0 unspecified atom stereocenters. The molecular formula is C35H38N2O4. The van der Waals surface area contributed by atoms with Gasteiger partial charge in [-0.05, 0) is 35.4 Å². The Labute approximate surface area is 243 Å². The van der Waals surface area contributed by atoms with Crippen LogP contribution in [0, 0.1) is 0 Å². The van der Waals surface area contributed by atoms with Crippen LogP contribution in [0.2, 0.25) is 0 Å².